The molecule has 176 valence electrons. The zero-order valence-corrected chi connectivity index (χ0v) is 20.0. The standard InChI is InChI=1S/C26H19Cl2N3O4/c1-35-22-11-16(6-7-17(22)14-33)25-24(28)19(9-10-29-25)18-3-2-4-20(23(18)27)31-26(34)21-8-5-15(13-32)12-30-21/h2-12,14,32H,13H2,1H3,(H,31,34). The van der Waals surface area contributed by atoms with Gasteiger partial charge in [-0.2, -0.15) is 0 Å². The lowest BCUT2D eigenvalue weighted by molar-refractivity contribution is 0.102. The van der Waals surface area contributed by atoms with E-state index in [-0.39, 0.29) is 12.3 Å². The number of amides is 1. The molecule has 2 heterocycles. The molecule has 0 fully saturated rings. The van der Waals surface area contributed by atoms with Gasteiger partial charge in [-0.15, -0.1) is 0 Å². The number of halogens is 2. The number of aliphatic hydroxyl groups excluding tert-OH is 1. The van der Waals surface area contributed by atoms with Crippen molar-refractivity contribution in [3.05, 3.63) is 93.9 Å². The second kappa shape index (κ2) is 10.7. The van der Waals surface area contributed by atoms with Crippen molar-refractivity contribution in [2.45, 2.75) is 6.61 Å². The molecule has 0 bridgehead atoms. The van der Waals surface area contributed by atoms with E-state index >= 15 is 0 Å². The molecule has 0 spiro atoms. The second-order valence-electron chi connectivity index (χ2n) is 7.43. The number of anilines is 1. The summed E-state index contributed by atoms with van der Waals surface area (Å²) in [6.07, 6.45) is 3.75. The minimum absolute atomic E-state index is 0.161. The smallest absolute Gasteiger partial charge is 0.274 e. The number of carbonyl (C=O) groups excluding carboxylic acids is 2. The maximum absolute atomic E-state index is 12.7. The number of hydrogen-bond donors (Lipinski definition) is 2. The van der Waals surface area contributed by atoms with Gasteiger partial charge in [-0.25, -0.2) is 0 Å². The van der Waals surface area contributed by atoms with E-state index in [2.05, 4.69) is 15.3 Å². The molecule has 2 aromatic heterocycles. The topological polar surface area (TPSA) is 101 Å². The Morgan fingerprint density at radius 1 is 1.06 bits per heavy atom. The van der Waals surface area contributed by atoms with Crippen molar-refractivity contribution in [3.63, 3.8) is 0 Å². The normalized spacial score (nSPS) is 10.6. The Morgan fingerprint density at radius 3 is 2.54 bits per heavy atom. The van der Waals surface area contributed by atoms with Crippen LogP contribution in [0.15, 0.2) is 67.0 Å². The van der Waals surface area contributed by atoms with Crippen molar-refractivity contribution < 1.29 is 19.4 Å². The predicted octanol–water partition coefficient (Wildman–Crippen LogP) is 5.68. The minimum atomic E-state index is -0.447. The van der Waals surface area contributed by atoms with Crippen molar-refractivity contribution >= 4 is 41.1 Å². The Morgan fingerprint density at radius 2 is 1.86 bits per heavy atom. The molecule has 1 amide bonds. The molecule has 2 aromatic carbocycles. The third kappa shape index (κ3) is 5.02. The minimum Gasteiger partial charge on any atom is -0.496 e. The molecule has 0 saturated carbocycles. The van der Waals surface area contributed by atoms with Gasteiger partial charge in [0.15, 0.2) is 6.29 Å². The average Bonchev–Trinajstić information content (AvgIpc) is 2.90. The molecule has 0 atom stereocenters. The van der Waals surface area contributed by atoms with Crippen LogP contribution >= 0.6 is 23.2 Å². The lowest BCUT2D eigenvalue weighted by Crippen LogP contribution is -2.14. The van der Waals surface area contributed by atoms with Crippen LogP contribution < -0.4 is 10.1 Å². The largest absolute Gasteiger partial charge is 0.496 e. The van der Waals surface area contributed by atoms with Gasteiger partial charge >= 0.3 is 0 Å². The summed E-state index contributed by atoms with van der Waals surface area (Å²) in [4.78, 5) is 32.4. The lowest BCUT2D eigenvalue weighted by atomic mass is 10.0. The van der Waals surface area contributed by atoms with Gasteiger partial charge in [-0.05, 0) is 35.9 Å². The number of carbonyl (C=O) groups is 2. The number of aldehydes is 1. The first kappa shape index (κ1) is 24.3. The monoisotopic (exact) mass is 507 g/mol. The summed E-state index contributed by atoms with van der Waals surface area (Å²) < 4.78 is 5.29. The number of hydrogen-bond acceptors (Lipinski definition) is 6. The molecule has 0 radical (unpaired) electrons. The van der Waals surface area contributed by atoms with Crippen molar-refractivity contribution in [2.24, 2.45) is 0 Å². The fourth-order valence-corrected chi connectivity index (χ4v) is 4.08. The third-order valence-corrected chi connectivity index (χ3v) is 6.09. The van der Waals surface area contributed by atoms with Gasteiger partial charge in [0.25, 0.3) is 5.91 Å². The molecule has 4 rings (SSSR count). The third-order valence-electron chi connectivity index (χ3n) is 5.30. The highest BCUT2D eigenvalue weighted by Crippen LogP contribution is 2.41. The zero-order valence-electron chi connectivity index (χ0n) is 18.5. The Balaban J connectivity index is 1.69. The highest BCUT2D eigenvalue weighted by Gasteiger charge is 2.18. The van der Waals surface area contributed by atoms with E-state index in [4.69, 9.17) is 33.0 Å². The number of ether oxygens (including phenoxy) is 1. The number of aromatic nitrogens is 2. The summed E-state index contributed by atoms with van der Waals surface area (Å²) in [5, 5.41) is 12.6. The van der Waals surface area contributed by atoms with Crippen LogP contribution in [0.1, 0.15) is 26.4 Å². The number of methoxy groups -OCH3 is 1. The molecule has 0 aliphatic rings. The summed E-state index contributed by atoms with van der Waals surface area (Å²) in [5.41, 5.74) is 3.93. The summed E-state index contributed by atoms with van der Waals surface area (Å²) in [6, 6.07) is 15.1. The highest BCUT2D eigenvalue weighted by atomic mass is 35.5. The first-order chi connectivity index (χ1) is 17.0. The van der Waals surface area contributed by atoms with Crippen LogP contribution in [0.5, 0.6) is 5.75 Å². The van der Waals surface area contributed by atoms with Crippen molar-refractivity contribution in [2.75, 3.05) is 12.4 Å². The van der Waals surface area contributed by atoms with Crippen molar-refractivity contribution in [3.8, 4) is 28.1 Å². The van der Waals surface area contributed by atoms with E-state index in [1.165, 1.54) is 19.4 Å². The molecule has 2 N–H and O–H groups in total. The van der Waals surface area contributed by atoms with Gasteiger partial charge in [-0.1, -0.05) is 47.5 Å². The first-order valence-corrected chi connectivity index (χ1v) is 11.2. The fraction of sp³-hybridized carbons (Fsp3) is 0.0769. The number of nitrogens with one attached hydrogen (secondary N) is 1. The van der Waals surface area contributed by atoms with Crippen LogP contribution in [0, 0.1) is 0 Å². The molecule has 7 nitrogen and oxygen atoms in total. The van der Waals surface area contributed by atoms with Crippen LogP contribution in [0.4, 0.5) is 5.69 Å². The quantitative estimate of drug-likeness (QED) is 0.312. The molecule has 0 aliphatic carbocycles. The zero-order chi connectivity index (χ0) is 24.9. The van der Waals surface area contributed by atoms with E-state index < -0.39 is 5.91 Å². The van der Waals surface area contributed by atoms with Crippen LogP contribution in [-0.2, 0) is 6.61 Å². The molecular formula is C26H19Cl2N3O4. The summed E-state index contributed by atoms with van der Waals surface area (Å²) in [7, 11) is 1.48. The van der Waals surface area contributed by atoms with Gasteiger partial charge in [-0.3, -0.25) is 19.6 Å². The second-order valence-corrected chi connectivity index (χ2v) is 8.18. The van der Waals surface area contributed by atoms with Gasteiger partial charge < -0.3 is 15.2 Å². The van der Waals surface area contributed by atoms with Gasteiger partial charge in [0.1, 0.15) is 11.4 Å². The fourth-order valence-electron chi connectivity index (χ4n) is 3.48. The Bertz CT molecular complexity index is 1410. The van der Waals surface area contributed by atoms with Crippen LogP contribution in [0.25, 0.3) is 22.4 Å². The molecule has 0 saturated heterocycles. The van der Waals surface area contributed by atoms with Gasteiger partial charge in [0, 0.05) is 29.1 Å². The number of pyridine rings is 2. The average molecular weight is 508 g/mol. The first-order valence-electron chi connectivity index (χ1n) is 10.4. The Labute approximate surface area is 211 Å². The van der Waals surface area contributed by atoms with E-state index in [1.807, 2.05) is 0 Å². The summed E-state index contributed by atoms with van der Waals surface area (Å²) in [6.45, 7) is -0.161. The van der Waals surface area contributed by atoms with Crippen LogP contribution in [0.2, 0.25) is 10.0 Å². The van der Waals surface area contributed by atoms with E-state index in [0.29, 0.717) is 61.3 Å². The van der Waals surface area contributed by atoms with E-state index in [1.54, 1.807) is 54.7 Å². The molecular weight excluding hydrogens is 489 g/mol. The Hall–Kier alpha value is -3.78. The number of nitrogens with zero attached hydrogens (tertiary/aromatic N) is 2. The van der Waals surface area contributed by atoms with Gasteiger partial charge in [0.2, 0.25) is 0 Å². The van der Waals surface area contributed by atoms with Crippen LogP contribution in [0.3, 0.4) is 0 Å². The van der Waals surface area contributed by atoms with Crippen LogP contribution in [-0.4, -0.2) is 34.4 Å². The SMILES string of the molecule is COc1cc(-c2nccc(-c3cccc(NC(=O)c4ccc(CO)cn4)c3Cl)c2Cl)ccc1C=O. The highest BCUT2D eigenvalue weighted by molar-refractivity contribution is 6.39. The van der Waals surface area contributed by atoms with Crippen molar-refractivity contribution in [1.29, 1.82) is 0 Å². The van der Waals surface area contributed by atoms with E-state index in [0.717, 1.165) is 0 Å². The lowest BCUT2D eigenvalue weighted by Gasteiger charge is -2.14. The van der Waals surface area contributed by atoms with E-state index in [9.17, 15) is 9.59 Å². The summed E-state index contributed by atoms with van der Waals surface area (Å²) >= 11 is 13.4. The number of aliphatic hydroxyl groups is 1. The maximum atomic E-state index is 12.7. The maximum Gasteiger partial charge on any atom is 0.274 e. The molecule has 9 heteroatoms. The molecule has 35 heavy (non-hydrogen) atoms. The van der Waals surface area contributed by atoms with Gasteiger partial charge in [0.05, 0.1) is 40.7 Å². The number of rotatable bonds is 7. The molecule has 0 unspecified atom stereocenters. The molecule has 0 aliphatic heterocycles. The number of benzene rings is 2. The Kier molecular flexibility index (Phi) is 7.41. The summed E-state index contributed by atoms with van der Waals surface area (Å²) in [5.74, 6) is -0.0402. The predicted molar refractivity (Wildman–Crippen MR) is 135 cm³/mol. The van der Waals surface area contributed by atoms with Crippen molar-refractivity contribution in [1.82, 2.24) is 9.97 Å². The molecule has 4 aromatic rings.